The van der Waals surface area contributed by atoms with Gasteiger partial charge in [-0.25, -0.2) is 0 Å². The number of carbonyl (C=O) groups is 1. The predicted molar refractivity (Wildman–Crippen MR) is 52.0 cm³/mol. The molecule has 0 aromatic carbocycles. The molecule has 2 heterocycles. The van der Waals surface area contributed by atoms with Crippen molar-refractivity contribution >= 4 is 5.91 Å². The van der Waals surface area contributed by atoms with E-state index in [-0.39, 0.29) is 12.0 Å². The van der Waals surface area contributed by atoms with Crippen LogP contribution in [0.5, 0.6) is 0 Å². The Balaban J connectivity index is 1.65. The van der Waals surface area contributed by atoms with E-state index >= 15 is 0 Å². The van der Waals surface area contributed by atoms with E-state index in [1.165, 1.54) is 0 Å². The molecule has 2 saturated heterocycles. The van der Waals surface area contributed by atoms with E-state index in [4.69, 9.17) is 4.74 Å². The SMILES string of the molecule is O=C(NCC1CNC1)[C@H]1CNCCO1. The molecule has 1 atom stereocenters. The largest absolute Gasteiger partial charge is 0.366 e. The van der Waals surface area contributed by atoms with Gasteiger partial charge in [0.25, 0.3) is 0 Å². The van der Waals surface area contributed by atoms with Gasteiger partial charge >= 0.3 is 0 Å². The van der Waals surface area contributed by atoms with Gasteiger partial charge in [-0.15, -0.1) is 0 Å². The maximum absolute atomic E-state index is 11.5. The fourth-order valence-corrected chi connectivity index (χ4v) is 1.59. The molecule has 2 aliphatic rings. The first kappa shape index (κ1) is 9.89. The van der Waals surface area contributed by atoms with Crippen LogP contribution in [0.3, 0.4) is 0 Å². The summed E-state index contributed by atoms with van der Waals surface area (Å²) in [5, 5.41) is 9.21. The molecule has 2 fully saturated rings. The van der Waals surface area contributed by atoms with Crippen molar-refractivity contribution in [2.45, 2.75) is 6.10 Å². The summed E-state index contributed by atoms with van der Waals surface area (Å²) in [6, 6.07) is 0. The fourth-order valence-electron chi connectivity index (χ4n) is 1.59. The quantitative estimate of drug-likeness (QED) is 0.507. The molecule has 0 bridgehead atoms. The Morgan fingerprint density at radius 2 is 2.21 bits per heavy atom. The van der Waals surface area contributed by atoms with Crippen LogP contribution in [0.2, 0.25) is 0 Å². The van der Waals surface area contributed by atoms with Crippen molar-refractivity contribution in [2.24, 2.45) is 5.92 Å². The molecule has 5 heteroatoms. The summed E-state index contributed by atoms with van der Waals surface area (Å²) in [5.74, 6) is 0.625. The Hall–Kier alpha value is -0.650. The van der Waals surface area contributed by atoms with E-state index < -0.39 is 0 Å². The zero-order valence-electron chi connectivity index (χ0n) is 8.21. The monoisotopic (exact) mass is 199 g/mol. The van der Waals surface area contributed by atoms with E-state index in [1.54, 1.807) is 0 Å². The van der Waals surface area contributed by atoms with Crippen molar-refractivity contribution in [1.82, 2.24) is 16.0 Å². The van der Waals surface area contributed by atoms with E-state index in [9.17, 15) is 4.79 Å². The Labute approximate surface area is 83.6 Å². The number of rotatable bonds is 3. The first-order valence-corrected chi connectivity index (χ1v) is 5.17. The van der Waals surface area contributed by atoms with Gasteiger partial charge in [-0.1, -0.05) is 0 Å². The van der Waals surface area contributed by atoms with Crippen LogP contribution >= 0.6 is 0 Å². The lowest BCUT2D eigenvalue weighted by molar-refractivity contribution is -0.134. The second-order valence-electron chi connectivity index (χ2n) is 3.83. The summed E-state index contributed by atoms with van der Waals surface area (Å²) in [5.41, 5.74) is 0. The van der Waals surface area contributed by atoms with E-state index in [2.05, 4.69) is 16.0 Å². The smallest absolute Gasteiger partial charge is 0.250 e. The van der Waals surface area contributed by atoms with Crippen LogP contribution < -0.4 is 16.0 Å². The number of amides is 1. The number of carbonyl (C=O) groups excluding carboxylic acids is 1. The van der Waals surface area contributed by atoms with E-state index in [0.717, 1.165) is 26.2 Å². The van der Waals surface area contributed by atoms with Gasteiger partial charge in [0.1, 0.15) is 6.10 Å². The Morgan fingerprint density at radius 3 is 2.79 bits per heavy atom. The molecule has 0 unspecified atom stereocenters. The van der Waals surface area contributed by atoms with Crippen molar-refractivity contribution in [3.8, 4) is 0 Å². The number of morpholine rings is 1. The van der Waals surface area contributed by atoms with Crippen LogP contribution in [0.25, 0.3) is 0 Å². The van der Waals surface area contributed by atoms with Gasteiger partial charge in [0.15, 0.2) is 0 Å². The van der Waals surface area contributed by atoms with Crippen LogP contribution in [0.1, 0.15) is 0 Å². The van der Waals surface area contributed by atoms with E-state index in [1.807, 2.05) is 0 Å². The standard InChI is InChI=1S/C9H17N3O2/c13-9(8-6-10-1-2-14-8)12-5-7-3-11-4-7/h7-8,10-11H,1-6H2,(H,12,13)/t8-/m1/s1. The molecular formula is C9H17N3O2. The van der Waals surface area contributed by atoms with Crippen LogP contribution in [0.4, 0.5) is 0 Å². The molecule has 14 heavy (non-hydrogen) atoms. The molecule has 80 valence electrons. The number of hydrogen-bond donors (Lipinski definition) is 3. The molecule has 2 rings (SSSR count). The third-order valence-corrected chi connectivity index (χ3v) is 2.65. The minimum atomic E-state index is -0.295. The first-order chi connectivity index (χ1) is 6.86. The van der Waals surface area contributed by atoms with Gasteiger partial charge < -0.3 is 20.7 Å². The normalized spacial score (nSPS) is 28.1. The van der Waals surface area contributed by atoms with E-state index in [0.29, 0.717) is 19.1 Å². The highest BCUT2D eigenvalue weighted by Crippen LogP contribution is 2.01. The molecule has 0 aromatic rings. The lowest BCUT2D eigenvalue weighted by Crippen LogP contribution is -2.52. The second-order valence-corrected chi connectivity index (χ2v) is 3.83. The van der Waals surface area contributed by atoms with Gasteiger partial charge in [-0.05, 0) is 0 Å². The van der Waals surface area contributed by atoms with Crippen LogP contribution in [-0.4, -0.2) is 51.3 Å². The summed E-state index contributed by atoms with van der Waals surface area (Å²) < 4.78 is 5.33. The predicted octanol–water partition coefficient (Wildman–Crippen LogP) is -1.69. The van der Waals surface area contributed by atoms with Crippen molar-refractivity contribution in [2.75, 3.05) is 39.3 Å². The van der Waals surface area contributed by atoms with Gasteiger partial charge in [0.05, 0.1) is 6.61 Å². The zero-order chi connectivity index (χ0) is 9.80. The highest BCUT2D eigenvalue weighted by atomic mass is 16.5. The summed E-state index contributed by atoms with van der Waals surface area (Å²) in [7, 11) is 0. The maximum Gasteiger partial charge on any atom is 0.250 e. The Bertz CT molecular complexity index is 200. The van der Waals surface area contributed by atoms with Gasteiger partial charge in [0.2, 0.25) is 5.91 Å². The topological polar surface area (TPSA) is 62.4 Å². The van der Waals surface area contributed by atoms with Gasteiger partial charge in [-0.3, -0.25) is 4.79 Å². The Morgan fingerprint density at radius 1 is 1.36 bits per heavy atom. The van der Waals surface area contributed by atoms with Crippen LogP contribution in [-0.2, 0) is 9.53 Å². The minimum absolute atomic E-state index is 0.0177. The molecule has 0 aliphatic carbocycles. The summed E-state index contributed by atoms with van der Waals surface area (Å²) in [6.07, 6.45) is -0.295. The summed E-state index contributed by atoms with van der Waals surface area (Å²) in [6.45, 7) is 4.91. The highest BCUT2D eigenvalue weighted by Gasteiger charge is 2.23. The average molecular weight is 199 g/mol. The van der Waals surface area contributed by atoms with Crippen molar-refractivity contribution in [1.29, 1.82) is 0 Å². The zero-order valence-corrected chi connectivity index (χ0v) is 8.21. The van der Waals surface area contributed by atoms with Crippen LogP contribution in [0.15, 0.2) is 0 Å². The van der Waals surface area contributed by atoms with Crippen molar-refractivity contribution in [3.63, 3.8) is 0 Å². The maximum atomic E-state index is 11.5. The molecule has 0 radical (unpaired) electrons. The second kappa shape index (κ2) is 4.72. The number of nitrogens with one attached hydrogen (secondary N) is 3. The summed E-state index contributed by atoms with van der Waals surface area (Å²) in [4.78, 5) is 11.5. The number of hydrogen-bond acceptors (Lipinski definition) is 4. The van der Waals surface area contributed by atoms with Crippen LogP contribution in [0, 0.1) is 5.92 Å². The molecular weight excluding hydrogens is 182 g/mol. The summed E-state index contributed by atoms with van der Waals surface area (Å²) >= 11 is 0. The molecule has 0 saturated carbocycles. The van der Waals surface area contributed by atoms with Gasteiger partial charge in [-0.2, -0.15) is 0 Å². The van der Waals surface area contributed by atoms with Crippen molar-refractivity contribution in [3.05, 3.63) is 0 Å². The molecule has 1 amide bonds. The molecule has 0 spiro atoms. The number of ether oxygens (including phenoxy) is 1. The molecule has 5 nitrogen and oxygen atoms in total. The highest BCUT2D eigenvalue weighted by molar-refractivity contribution is 5.81. The Kier molecular flexibility index (Phi) is 3.34. The van der Waals surface area contributed by atoms with Gasteiger partial charge in [0, 0.05) is 38.6 Å². The lowest BCUT2D eigenvalue weighted by Gasteiger charge is -2.28. The molecule has 3 N–H and O–H groups in total. The lowest BCUT2D eigenvalue weighted by atomic mass is 10.0. The third kappa shape index (κ3) is 2.43. The first-order valence-electron chi connectivity index (χ1n) is 5.17. The molecule has 0 aromatic heterocycles. The average Bonchev–Trinajstić information content (AvgIpc) is 2.16. The minimum Gasteiger partial charge on any atom is -0.366 e. The third-order valence-electron chi connectivity index (χ3n) is 2.65. The fraction of sp³-hybridized carbons (Fsp3) is 0.889. The van der Waals surface area contributed by atoms with Crippen molar-refractivity contribution < 1.29 is 9.53 Å². The molecule has 2 aliphatic heterocycles.